The molecule has 0 radical (unpaired) electrons. The first kappa shape index (κ1) is 12.9. The summed E-state index contributed by atoms with van der Waals surface area (Å²) >= 11 is 7.81. The van der Waals surface area contributed by atoms with Gasteiger partial charge in [0.05, 0.1) is 11.8 Å². The van der Waals surface area contributed by atoms with Gasteiger partial charge in [-0.1, -0.05) is 11.6 Å². The quantitative estimate of drug-likeness (QED) is 0.918. The highest BCUT2D eigenvalue weighted by molar-refractivity contribution is 7.15. The largest absolute Gasteiger partial charge is 0.314 e. The van der Waals surface area contributed by atoms with Crippen LogP contribution in [0.25, 0.3) is 4.96 Å². The van der Waals surface area contributed by atoms with Crippen LogP contribution in [0.2, 0.25) is 5.15 Å². The number of halogens is 1. The predicted octanol–water partition coefficient (Wildman–Crippen LogP) is 1.83. The highest BCUT2D eigenvalue weighted by Gasteiger charge is 2.28. The second-order valence-corrected chi connectivity index (χ2v) is 5.80. The standard InChI is InChI=1S/C12H14ClN5S/c1-8-7-19-12-16-11(13)10(18(8)12)9(6-14)17-4-2-15-3-5-17/h7,9,15H,2-5H2,1H3. The van der Waals surface area contributed by atoms with Gasteiger partial charge < -0.3 is 5.32 Å². The minimum Gasteiger partial charge on any atom is -0.314 e. The number of nitriles is 1. The Morgan fingerprint density at radius 1 is 1.53 bits per heavy atom. The highest BCUT2D eigenvalue weighted by atomic mass is 35.5. The molecule has 7 heteroatoms. The second-order valence-electron chi connectivity index (χ2n) is 4.60. The SMILES string of the molecule is Cc1csc2nc(Cl)c(C(C#N)N3CCNCC3)n12. The van der Waals surface area contributed by atoms with E-state index < -0.39 is 0 Å². The van der Waals surface area contributed by atoms with Crippen molar-refractivity contribution in [3.63, 3.8) is 0 Å². The van der Waals surface area contributed by atoms with Crippen LogP contribution in [0.15, 0.2) is 5.38 Å². The molecule has 0 spiro atoms. The number of fused-ring (bicyclic) bond motifs is 1. The Morgan fingerprint density at radius 2 is 2.26 bits per heavy atom. The van der Waals surface area contributed by atoms with Crippen LogP contribution < -0.4 is 5.32 Å². The van der Waals surface area contributed by atoms with Gasteiger partial charge in [-0.15, -0.1) is 11.3 Å². The molecular formula is C12H14ClN5S. The van der Waals surface area contributed by atoms with E-state index in [4.69, 9.17) is 11.6 Å². The van der Waals surface area contributed by atoms with E-state index in [0.717, 1.165) is 42.5 Å². The molecule has 2 aromatic rings. The van der Waals surface area contributed by atoms with Crippen molar-refractivity contribution in [2.75, 3.05) is 26.2 Å². The lowest BCUT2D eigenvalue weighted by Gasteiger charge is -2.30. The molecular weight excluding hydrogens is 282 g/mol. The minimum atomic E-state index is -0.335. The van der Waals surface area contributed by atoms with Crippen LogP contribution in [0, 0.1) is 18.3 Å². The summed E-state index contributed by atoms with van der Waals surface area (Å²) in [6.07, 6.45) is 0. The maximum Gasteiger partial charge on any atom is 0.195 e. The van der Waals surface area contributed by atoms with Crippen molar-refractivity contribution >= 4 is 27.9 Å². The van der Waals surface area contributed by atoms with Crippen molar-refractivity contribution in [2.24, 2.45) is 0 Å². The molecule has 0 amide bonds. The molecule has 0 aromatic carbocycles. The molecule has 19 heavy (non-hydrogen) atoms. The zero-order chi connectivity index (χ0) is 13.4. The molecule has 1 saturated heterocycles. The van der Waals surface area contributed by atoms with Crippen molar-refractivity contribution in [1.29, 1.82) is 5.26 Å². The number of aryl methyl sites for hydroxylation is 1. The van der Waals surface area contributed by atoms with Gasteiger partial charge in [0, 0.05) is 37.3 Å². The zero-order valence-electron chi connectivity index (χ0n) is 10.6. The average molecular weight is 296 g/mol. The van der Waals surface area contributed by atoms with Gasteiger partial charge in [-0.3, -0.25) is 9.30 Å². The zero-order valence-corrected chi connectivity index (χ0v) is 12.1. The summed E-state index contributed by atoms with van der Waals surface area (Å²) in [6.45, 7) is 5.52. The summed E-state index contributed by atoms with van der Waals surface area (Å²) < 4.78 is 2.00. The molecule has 1 atom stereocenters. The molecule has 5 nitrogen and oxygen atoms in total. The molecule has 0 aliphatic carbocycles. The minimum absolute atomic E-state index is 0.335. The fourth-order valence-corrected chi connectivity index (χ4v) is 3.68. The Bertz CT molecular complexity index is 634. The van der Waals surface area contributed by atoms with E-state index in [0.29, 0.717) is 5.15 Å². The van der Waals surface area contributed by atoms with Gasteiger partial charge in [0.25, 0.3) is 0 Å². The molecule has 1 fully saturated rings. The van der Waals surface area contributed by atoms with Crippen molar-refractivity contribution in [2.45, 2.75) is 13.0 Å². The Labute approximate surface area is 120 Å². The lowest BCUT2D eigenvalue weighted by Crippen LogP contribution is -2.45. The number of thiazole rings is 1. The van der Waals surface area contributed by atoms with Crippen LogP contribution in [0.3, 0.4) is 0 Å². The number of nitrogens with zero attached hydrogens (tertiary/aromatic N) is 4. The molecule has 1 N–H and O–H groups in total. The van der Waals surface area contributed by atoms with Crippen LogP contribution >= 0.6 is 22.9 Å². The second kappa shape index (κ2) is 5.10. The molecule has 2 aromatic heterocycles. The number of aromatic nitrogens is 2. The molecule has 3 rings (SSSR count). The van der Waals surface area contributed by atoms with Gasteiger partial charge in [-0.25, -0.2) is 4.98 Å². The Hall–Kier alpha value is -1.13. The fraction of sp³-hybridized carbons (Fsp3) is 0.500. The number of rotatable bonds is 2. The van der Waals surface area contributed by atoms with E-state index >= 15 is 0 Å². The first-order chi connectivity index (χ1) is 9.22. The smallest absolute Gasteiger partial charge is 0.195 e. The van der Waals surface area contributed by atoms with E-state index in [-0.39, 0.29) is 6.04 Å². The molecule has 3 heterocycles. The van der Waals surface area contributed by atoms with Crippen LogP contribution in [0.4, 0.5) is 0 Å². The van der Waals surface area contributed by atoms with Gasteiger partial charge in [0.1, 0.15) is 6.04 Å². The van der Waals surface area contributed by atoms with Crippen molar-refractivity contribution in [3.8, 4) is 6.07 Å². The van der Waals surface area contributed by atoms with Gasteiger partial charge in [0.2, 0.25) is 0 Å². The molecule has 100 valence electrons. The lowest BCUT2D eigenvalue weighted by molar-refractivity contribution is 0.204. The maximum absolute atomic E-state index is 9.55. The number of piperazine rings is 1. The predicted molar refractivity (Wildman–Crippen MR) is 75.6 cm³/mol. The number of hydrogen-bond donors (Lipinski definition) is 1. The summed E-state index contributed by atoms with van der Waals surface area (Å²) in [6, 6.07) is 2.05. The van der Waals surface area contributed by atoms with Crippen molar-refractivity contribution < 1.29 is 0 Å². The molecule has 1 aliphatic rings. The maximum atomic E-state index is 9.55. The average Bonchev–Trinajstić information content (AvgIpc) is 2.93. The Morgan fingerprint density at radius 3 is 2.95 bits per heavy atom. The summed E-state index contributed by atoms with van der Waals surface area (Å²) in [5.41, 5.74) is 1.88. The van der Waals surface area contributed by atoms with E-state index in [1.165, 1.54) is 0 Å². The van der Waals surface area contributed by atoms with Crippen molar-refractivity contribution in [3.05, 3.63) is 21.9 Å². The first-order valence-electron chi connectivity index (χ1n) is 6.18. The first-order valence-corrected chi connectivity index (χ1v) is 7.44. The van der Waals surface area contributed by atoms with Crippen LogP contribution in [-0.4, -0.2) is 40.5 Å². The number of nitrogens with one attached hydrogen (secondary N) is 1. The molecule has 1 aliphatic heterocycles. The van der Waals surface area contributed by atoms with Crippen LogP contribution in [0.5, 0.6) is 0 Å². The van der Waals surface area contributed by atoms with E-state index in [9.17, 15) is 5.26 Å². The lowest BCUT2D eigenvalue weighted by atomic mass is 10.2. The Kier molecular flexibility index (Phi) is 3.46. The third kappa shape index (κ3) is 2.13. The van der Waals surface area contributed by atoms with E-state index in [1.54, 1.807) is 11.3 Å². The molecule has 1 unspecified atom stereocenters. The third-order valence-electron chi connectivity index (χ3n) is 3.42. The topological polar surface area (TPSA) is 56.4 Å². The van der Waals surface area contributed by atoms with E-state index in [1.807, 2.05) is 16.7 Å². The number of hydrogen-bond acceptors (Lipinski definition) is 5. The summed E-state index contributed by atoms with van der Waals surface area (Å²) in [5, 5.41) is 15.3. The Balaban J connectivity index is 2.07. The van der Waals surface area contributed by atoms with Gasteiger partial charge in [-0.2, -0.15) is 5.26 Å². The normalized spacial score (nSPS) is 18.6. The van der Waals surface area contributed by atoms with Crippen molar-refractivity contribution in [1.82, 2.24) is 19.6 Å². The van der Waals surface area contributed by atoms with Crippen LogP contribution in [0.1, 0.15) is 17.4 Å². The van der Waals surface area contributed by atoms with Gasteiger partial charge in [-0.05, 0) is 6.92 Å². The molecule has 0 saturated carbocycles. The summed E-state index contributed by atoms with van der Waals surface area (Å²) in [7, 11) is 0. The summed E-state index contributed by atoms with van der Waals surface area (Å²) in [4.78, 5) is 7.36. The fourth-order valence-electron chi connectivity index (χ4n) is 2.49. The van der Waals surface area contributed by atoms with Crippen LogP contribution in [-0.2, 0) is 0 Å². The van der Waals surface area contributed by atoms with Gasteiger partial charge >= 0.3 is 0 Å². The third-order valence-corrected chi connectivity index (χ3v) is 4.64. The highest BCUT2D eigenvalue weighted by Crippen LogP contribution is 2.31. The van der Waals surface area contributed by atoms with Gasteiger partial charge in [0.15, 0.2) is 10.1 Å². The summed E-state index contributed by atoms with van der Waals surface area (Å²) in [5.74, 6) is 0. The molecule has 0 bridgehead atoms. The van der Waals surface area contributed by atoms with E-state index in [2.05, 4.69) is 21.3 Å². The monoisotopic (exact) mass is 295 g/mol. The number of imidazole rings is 1.